The predicted octanol–water partition coefficient (Wildman–Crippen LogP) is 2.42. The van der Waals surface area contributed by atoms with E-state index < -0.39 is 0 Å². The SMILES string of the molecule is CCNC(=NCC1(c2ccccc2)CC1)NCCC(=O)N1CCN(c2ncccn2)CC1.I. The number of piperazine rings is 1. The molecule has 1 saturated heterocycles. The Kier molecular flexibility index (Phi) is 9.28. The minimum atomic E-state index is 0. The van der Waals surface area contributed by atoms with Crippen LogP contribution in [0.4, 0.5) is 5.95 Å². The Morgan fingerprint density at radius 2 is 1.73 bits per heavy atom. The van der Waals surface area contributed by atoms with E-state index in [0.717, 1.165) is 38.1 Å². The van der Waals surface area contributed by atoms with Gasteiger partial charge in [0.1, 0.15) is 0 Å². The molecule has 2 N–H and O–H groups in total. The first-order valence-electron chi connectivity index (χ1n) is 11.6. The van der Waals surface area contributed by atoms with Crippen molar-refractivity contribution in [2.75, 3.05) is 50.7 Å². The van der Waals surface area contributed by atoms with Crippen molar-refractivity contribution in [3.8, 4) is 0 Å². The number of hydrogen-bond donors (Lipinski definition) is 2. The Bertz CT molecular complexity index is 898. The van der Waals surface area contributed by atoms with Crippen LogP contribution in [-0.4, -0.2) is 72.5 Å². The molecule has 1 saturated carbocycles. The van der Waals surface area contributed by atoms with Gasteiger partial charge in [0.25, 0.3) is 0 Å². The Hall–Kier alpha value is -2.43. The van der Waals surface area contributed by atoms with E-state index >= 15 is 0 Å². The van der Waals surface area contributed by atoms with Crippen molar-refractivity contribution >= 4 is 41.8 Å². The average Bonchev–Trinajstić information content (AvgIpc) is 3.65. The molecule has 1 amide bonds. The molecule has 1 aromatic carbocycles. The number of carbonyl (C=O) groups excluding carboxylic acids is 1. The van der Waals surface area contributed by atoms with Crippen LogP contribution in [0.15, 0.2) is 53.8 Å². The van der Waals surface area contributed by atoms with Crippen LogP contribution in [-0.2, 0) is 10.2 Å². The monoisotopic (exact) mass is 563 g/mol. The molecule has 1 aliphatic heterocycles. The van der Waals surface area contributed by atoms with Crippen molar-refractivity contribution in [2.24, 2.45) is 4.99 Å². The highest BCUT2D eigenvalue weighted by molar-refractivity contribution is 14.0. The molecule has 0 unspecified atom stereocenters. The molecule has 8 nitrogen and oxygen atoms in total. The summed E-state index contributed by atoms with van der Waals surface area (Å²) in [7, 11) is 0. The zero-order valence-electron chi connectivity index (χ0n) is 19.2. The largest absolute Gasteiger partial charge is 0.357 e. The zero-order chi connectivity index (χ0) is 22.2. The minimum Gasteiger partial charge on any atom is -0.357 e. The van der Waals surface area contributed by atoms with Crippen molar-refractivity contribution in [3.05, 3.63) is 54.4 Å². The fourth-order valence-corrected chi connectivity index (χ4v) is 4.11. The molecule has 33 heavy (non-hydrogen) atoms. The molecule has 4 rings (SSSR count). The molecule has 0 atom stereocenters. The summed E-state index contributed by atoms with van der Waals surface area (Å²) in [6.07, 6.45) is 6.31. The number of benzene rings is 1. The Morgan fingerprint density at radius 3 is 2.36 bits per heavy atom. The predicted molar refractivity (Wildman–Crippen MR) is 142 cm³/mol. The first-order chi connectivity index (χ1) is 15.7. The number of aromatic nitrogens is 2. The van der Waals surface area contributed by atoms with Gasteiger partial charge in [-0.3, -0.25) is 9.79 Å². The average molecular weight is 563 g/mol. The fourth-order valence-electron chi connectivity index (χ4n) is 4.11. The van der Waals surface area contributed by atoms with Gasteiger partial charge < -0.3 is 20.4 Å². The van der Waals surface area contributed by atoms with Crippen LogP contribution in [0.25, 0.3) is 0 Å². The Labute approximate surface area is 213 Å². The highest BCUT2D eigenvalue weighted by Crippen LogP contribution is 2.48. The third kappa shape index (κ3) is 6.78. The van der Waals surface area contributed by atoms with Crippen LogP contribution in [0, 0.1) is 0 Å². The molecule has 1 aromatic heterocycles. The van der Waals surface area contributed by atoms with Gasteiger partial charge in [0, 0.05) is 63.5 Å². The van der Waals surface area contributed by atoms with Crippen molar-refractivity contribution in [1.82, 2.24) is 25.5 Å². The quantitative estimate of drug-likeness (QED) is 0.292. The first kappa shape index (κ1) is 25.2. The number of nitrogens with one attached hydrogen (secondary N) is 2. The molecule has 2 aliphatic rings. The van der Waals surface area contributed by atoms with E-state index in [1.54, 1.807) is 12.4 Å². The Morgan fingerprint density at radius 1 is 1.03 bits per heavy atom. The summed E-state index contributed by atoms with van der Waals surface area (Å²) >= 11 is 0. The van der Waals surface area contributed by atoms with Gasteiger partial charge in [-0.1, -0.05) is 30.3 Å². The third-order valence-corrected chi connectivity index (χ3v) is 6.22. The van der Waals surface area contributed by atoms with Gasteiger partial charge in [0.05, 0.1) is 6.54 Å². The third-order valence-electron chi connectivity index (χ3n) is 6.22. The van der Waals surface area contributed by atoms with E-state index in [-0.39, 0.29) is 35.3 Å². The lowest BCUT2D eigenvalue weighted by molar-refractivity contribution is -0.131. The second-order valence-corrected chi connectivity index (χ2v) is 8.43. The summed E-state index contributed by atoms with van der Waals surface area (Å²) in [5.41, 5.74) is 1.55. The number of hydrogen-bond acceptors (Lipinski definition) is 5. The highest BCUT2D eigenvalue weighted by atomic mass is 127. The minimum absolute atomic E-state index is 0. The number of anilines is 1. The van der Waals surface area contributed by atoms with Gasteiger partial charge in [0.15, 0.2) is 5.96 Å². The lowest BCUT2D eigenvalue weighted by Crippen LogP contribution is -2.50. The maximum Gasteiger partial charge on any atom is 0.225 e. The topological polar surface area (TPSA) is 85.8 Å². The lowest BCUT2D eigenvalue weighted by atomic mass is 9.96. The zero-order valence-corrected chi connectivity index (χ0v) is 21.6. The van der Waals surface area contributed by atoms with Gasteiger partial charge in [-0.25, -0.2) is 9.97 Å². The summed E-state index contributed by atoms with van der Waals surface area (Å²) < 4.78 is 0. The summed E-state index contributed by atoms with van der Waals surface area (Å²) in [5, 5.41) is 6.64. The first-order valence-corrected chi connectivity index (χ1v) is 11.6. The second-order valence-electron chi connectivity index (χ2n) is 8.43. The lowest BCUT2D eigenvalue weighted by Gasteiger charge is -2.34. The molecule has 1 aliphatic carbocycles. The maximum absolute atomic E-state index is 12.7. The van der Waals surface area contributed by atoms with Crippen molar-refractivity contribution in [3.63, 3.8) is 0 Å². The van der Waals surface area contributed by atoms with Crippen LogP contribution >= 0.6 is 24.0 Å². The molecule has 2 aromatic rings. The summed E-state index contributed by atoms with van der Waals surface area (Å²) in [4.78, 5) is 30.1. The number of carbonyl (C=O) groups is 1. The number of nitrogens with zero attached hydrogens (tertiary/aromatic N) is 5. The molecule has 0 spiro atoms. The highest BCUT2D eigenvalue weighted by Gasteiger charge is 2.44. The van der Waals surface area contributed by atoms with Crippen LogP contribution < -0.4 is 15.5 Å². The number of amides is 1. The van der Waals surface area contributed by atoms with Crippen molar-refractivity contribution in [1.29, 1.82) is 0 Å². The molecule has 9 heteroatoms. The van der Waals surface area contributed by atoms with Gasteiger partial charge in [-0.15, -0.1) is 24.0 Å². The van der Waals surface area contributed by atoms with Gasteiger partial charge in [0.2, 0.25) is 11.9 Å². The van der Waals surface area contributed by atoms with Crippen LogP contribution in [0.5, 0.6) is 0 Å². The van der Waals surface area contributed by atoms with E-state index in [9.17, 15) is 4.79 Å². The van der Waals surface area contributed by atoms with Crippen molar-refractivity contribution < 1.29 is 4.79 Å². The molecule has 178 valence electrons. The molecule has 0 radical (unpaired) electrons. The molecular weight excluding hydrogens is 529 g/mol. The number of halogens is 1. The summed E-state index contributed by atoms with van der Waals surface area (Å²) in [6.45, 7) is 7.11. The number of aliphatic imine (C=N–C) groups is 1. The standard InChI is InChI=1S/C24H33N7O.HI/c1-2-25-22(29-19-24(10-11-24)20-7-4-3-5-8-20)26-14-9-21(32)30-15-17-31(18-16-30)23-27-12-6-13-28-23;/h3-8,12-13H,2,9-11,14-19H2,1H3,(H2,25,26,29);1H. The summed E-state index contributed by atoms with van der Waals surface area (Å²) in [5.74, 6) is 1.69. The normalized spacial score (nSPS) is 17.2. The molecular formula is C24H34IN7O. The maximum atomic E-state index is 12.7. The smallest absolute Gasteiger partial charge is 0.225 e. The second kappa shape index (κ2) is 12.2. The molecule has 2 heterocycles. The van der Waals surface area contributed by atoms with E-state index in [1.807, 2.05) is 11.0 Å². The van der Waals surface area contributed by atoms with Crippen LogP contribution in [0.2, 0.25) is 0 Å². The molecule has 2 fully saturated rings. The Balaban J connectivity index is 0.00000306. The van der Waals surface area contributed by atoms with Crippen molar-refractivity contribution in [2.45, 2.75) is 31.6 Å². The van der Waals surface area contributed by atoms with E-state index in [4.69, 9.17) is 4.99 Å². The fraction of sp³-hybridized carbons (Fsp3) is 0.500. The van der Waals surface area contributed by atoms with Gasteiger partial charge in [-0.05, 0) is 31.4 Å². The molecule has 0 bridgehead atoms. The van der Waals surface area contributed by atoms with E-state index in [1.165, 1.54) is 18.4 Å². The number of rotatable bonds is 8. The van der Waals surface area contributed by atoms with Crippen LogP contribution in [0.3, 0.4) is 0 Å². The van der Waals surface area contributed by atoms with Gasteiger partial charge >= 0.3 is 0 Å². The van der Waals surface area contributed by atoms with E-state index in [0.29, 0.717) is 26.1 Å². The van der Waals surface area contributed by atoms with Crippen LogP contribution in [0.1, 0.15) is 31.7 Å². The van der Waals surface area contributed by atoms with Gasteiger partial charge in [-0.2, -0.15) is 0 Å². The summed E-state index contributed by atoms with van der Waals surface area (Å²) in [6, 6.07) is 12.5. The van der Waals surface area contributed by atoms with E-state index in [2.05, 4.69) is 62.8 Å². The number of guanidine groups is 1.